The average Bonchev–Trinajstić information content (AvgIpc) is 2.60. The van der Waals surface area contributed by atoms with E-state index < -0.39 is 0 Å². The first-order valence-electron chi connectivity index (χ1n) is 7.68. The van der Waals surface area contributed by atoms with Crippen LogP contribution >= 0.6 is 0 Å². The largest absolute Gasteiger partial charge is 0.497 e. The van der Waals surface area contributed by atoms with Gasteiger partial charge in [-0.15, -0.1) is 0 Å². The lowest BCUT2D eigenvalue weighted by Gasteiger charge is -2.17. The molecule has 23 heavy (non-hydrogen) atoms. The number of allylic oxidation sites excluding steroid dienone is 3. The SMILES string of the molecule is C=C(OC)c1ccc2ccc(F)c(C3=CC=C(CN)CC3)c2c1. The minimum absolute atomic E-state index is 0.200. The molecule has 2 nitrogen and oxygen atoms in total. The van der Waals surface area contributed by atoms with Gasteiger partial charge in [0.15, 0.2) is 0 Å². The summed E-state index contributed by atoms with van der Waals surface area (Å²) < 4.78 is 19.8. The molecule has 0 aromatic heterocycles. The molecule has 0 spiro atoms. The molecular weight excluding hydrogens is 289 g/mol. The maximum atomic E-state index is 14.6. The second-order valence-corrected chi connectivity index (χ2v) is 5.71. The number of halogens is 1. The van der Waals surface area contributed by atoms with Crippen molar-refractivity contribution in [2.45, 2.75) is 12.8 Å². The molecule has 0 saturated carbocycles. The van der Waals surface area contributed by atoms with Crippen LogP contribution in [0.1, 0.15) is 24.0 Å². The summed E-state index contributed by atoms with van der Waals surface area (Å²) in [6.07, 6.45) is 5.67. The molecule has 0 atom stereocenters. The van der Waals surface area contributed by atoms with E-state index in [1.807, 2.05) is 30.4 Å². The average molecular weight is 309 g/mol. The molecule has 0 radical (unpaired) electrons. The van der Waals surface area contributed by atoms with Gasteiger partial charge < -0.3 is 10.5 Å². The number of ether oxygens (including phenoxy) is 1. The Bertz CT molecular complexity index is 833. The summed E-state index contributed by atoms with van der Waals surface area (Å²) in [5, 5.41) is 1.89. The molecule has 3 heteroatoms. The zero-order valence-corrected chi connectivity index (χ0v) is 13.2. The van der Waals surface area contributed by atoms with E-state index in [9.17, 15) is 4.39 Å². The molecule has 0 bridgehead atoms. The molecule has 0 fully saturated rings. The van der Waals surface area contributed by atoms with Crippen LogP contribution < -0.4 is 5.73 Å². The normalized spacial score (nSPS) is 14.4. The van der Waals surface area contributed by atoms with E-state index in [-0.39, 0.29) is 5.82 Å². The molecule has 2 aromatic carbocycles. The number of benzene rings is 2. The lowest BCUT2D eigenvalue weighted by atomic mass is 9.89. The Kier molecular flexibility index (Phi) is 4.30. The third kappa shape index (κ3) is 2.92. The lowest BCUT2D eigenvalue weighted by molar-refractivity contribution is 0.371. The van der Waals surface area contributed by atoms with Crippen molar-refractivity contribution >= 4 is 22.1 Å². The van der Waals surface area contributed by atoms with Crippen molar-refractivity contribution in [2.24, 2.45) is 5.73 Å². The van der Waals surface area contributed by atoms with Crippen molar-refractivity contribution in [3.05, 3.63) is 71.6 Å². The highest BCUT2D eigenvalue weighted by Crippen LogP contribution is 2.34. The molecule has 1 aliphatic rings. The lowest BCUT2D eigenvalue weighted by Crippen LogP contribution is -2.06. The predicted octanol–water partition coefficient (Wildman–Crippen LogP) is 4.66. The van der Waals surface area contributed by atoms with E-state index in [1.165, 1.54) is 11.6 Å². The number of hydrogen-bond acceptors (Lipinski definition) is 2. The zero-order valence-electron chi connectivity index (χ0n) is 13.2. The van der Waals surface area contributed by atoms with E-state index in [2.05, 4.69) is 6.58 Å². The van der Waals surface area contributed by atoms with Gasteiger partial charge in [0.05, 0.1) is 7.11 Å². The molecule has 0 amide bonds. The quantitative estimate of drug-likeness (QED) is 0.834. The molecule has 118 valence electrons. The Balaban J connectivity index is 2.19. The zero-order chi connectivity index (χ0) is 16.4. The summed E-state index contributed by atoms with van der Waals surface area (Å²) in [4.78, 5) is 0. The summed E-state index contributed by atoms with van der Waals surface area (Å²) in [6.45, 7) is 4.44. The highest BCUT2D eigenvalue weighted by molar-refractivity contribution is 5.96. The van der Waals surface area contributed by atoms with Crippen molar-refractivity contribution in [3.8, 4) is 0 Å². The van der Waals surface area contributed by atoms with E-state index in [0.717, 1.165) is 34.8 Å². The van der Waals surface area contributed by atoms with Crippen LogP contribution in [-0.4, -0.2) is 13.7 Å². The number of rotatable bonds is 4. The fraction of sp³-hybridized carbons (Fsp3) is 0.200. The molecule has 3 rings (SSSR count). The number of methoxy groups -OCH3 is 1. The molecule has 1 aliphatic carbocycles. The van der Waals surface area contributed by atoms with Crippen molar-refractivity contribution in [1.82, 2.24) is 0 Å². The van der Waals surface area contributed by atoms with Gasteiger partial charge in [-0.05, 0) is 41.3 Å². The van der Waals surface area contributed by atoms with Gasteiger partial charge in [-0.1, -0.05) is 42.5 Å². The van der Waals surface area contributed by atoms with Gasteiger partial charge in [-0.3, -0.25) is 0 Å². The molecule has 0 heterocycles. The van der Waals surface area contributed by atoms with Gasteiger partial charge in [0.25, 0.3) is 0 Å². The van der Waals surface area contributed by atoms with Crippen LogP contribution in [0.25, 0.3) is 22.1 Å². The standard InChI is InChI=1S/C20H20FNO/c1-13(23-2)17-8-7-15-9-10-19(21)20(18(15)11-17)16-5-3-14(12-22)4-6-16/h3,5,7-11H,1,4,6,12,22H2,2H3. The van der Waals surface area contributed by atoms with E-state index in [1.54, 1.807) is 13.2 Å². The van der Waals surface area contributed by atoms with Crippen molar-refractivity contribution in [3.63, 3.8) is 0 Å². The first-order valence-corrected chi connectivity index (χ1v) is 7.68. The van der Waals surface area contributed by atoms with Crippen LogP contribution in [-0.2, 0) is 4.74 Å². The second-order valence-electron chi connectivity index (χ2n) is 5.71. The van der Waals surface area contributed by atoms with E-state index in [4.69, 9.17) is 10.5 Å². The van der Waals surface area contributed by atoms with Crippen LogP contribution in [0.15, 0.2) is 54.6 Å². The fourth-order valence-electron chi connectivity index (χ4n) is 2.97. The highest BCUT2D eigenvalue weighted by atomic mass is 19.1. The fourth-order valence-corrected chi connectivity index (χ4v) is 2.97. The molecule has 2 aromatic rings. The Hall–Kier alpha value is -2.39. The Labute approximate surface area is 135 Å². The topological polar surface area (TPSA) is 35.2 Å². The number of nitrogens with two attached hydrogens (primary N) is 1. The van der Waals surface area contributed by atoms with Gasteiger partial charge in [0.1, 0.15) is 11.6 Å². The highest BCUT2D eigenvalue weighted by Gasteiger charge is 2.15. The molecular formula is C20H20FNO. The maximum absolute atomic E-state index is 14.6. The van der Waals surface area contributed by atoms with E-state index >= 15 is 0 Å². The first-order chi connectivity index (χ1) is 11.1. The molecule has 0 aliphatic heterocycles. The third-order valence-corrected chi connectivity index (χ3v) is 4.36. The summed E-state index contributed by atoms with van der Waals surface area (Å²) >= 11 is 0. The molecule has 2 N–H and O–H groups in total. The monoisotopic (exact) mass is 309 g/mol. The summed E-state index contributed by atoms with van der Waals surface area (Å²) in [6, 6.07) is 9.20. The Morgan fingerprint density at radius 2 is 2.00 bits per heavy atom. The van der Waals surface area contributed by atoms with Crippen LogP contribution in [0.4, 0.5) is 4.39 Å². The second kappa shape index (κ2) is 6.39. The minimum Gasteiger partial charge on any atom is -0.497 e. The van der Waals surface area contributed by atoms with Crippen LogP contribution in [0.2, 0.25) is 0 Å². The molecule has 0 unspecified atom stereocenters. The van der Waals surface area contributed by atoms with Gasteiger partial charge >= 0.3 is 0 Å². The van der Waals surface area contributed by atoms with Crippen LogP contribution in [0.3, 0.4) is 0 Å². The Morgan fingerprint density at radius 3 is 2.65 bits per heavy atom. The van der Waals surface area contributed by atoms with Crippen LogP contribution in [0, 0.1) is 5.82 Å². The van der Waals surface area contributed by atoms with Gasteiger partial charge in [-0.25, -0.2) is 4.39 Å². The number of fused-ring (bicyclic) bond motifs is 1. The van der Waals surface area contributed by atoms with Crippen molar-refractivity contribution in [1.29, 1.82) is 0 Å². The summed E-state index contributed by atoms with van der Waals surface area (Å²) in [5.41, 5.74) is 9.41. The minimum atomic E-state index is -0.200. The summed E-state index contributed by atoms with van der Waals surface area (Å²) in [5.74, 6) is 0.374. The van der Waals surface area contributed by atoms with Gasteiger partial charge in [0, 0.05) is 17.7 Å². The first kappa shape index (κ1) is 15.5. The molecule has 0 saturated heterocycles. The van der Waals surface area contributed by atoms with Gasteiger partial charge in [0.2, 0.25) is 0 Å². The smallest absolute Gasteiger partial charge is 0.131 e. The van der Waals surface area contributed by atoms with Gasteiger partial charge in [-0.2, -0.15) is 0 Å². The maximum Gasteiger partial charge on any atom is 0.131 e. The van der Waals surface area contributed by atoms with E-state index in [0.29, 0.717) is 17.9 Å². The number of hydrogen-bond donors (Lipinski definition) is 1. The van der Waals surface area contributed by atoms with Crippen molar-refractivity contribution < 1.29 is 9.13 Å². The predicted molar refractivity (Wildman–Crippen MR) is 94.3 cm³/mol. The van der Waals surface area contributed by atoms with Crippen molar-refractivity contribution in [2.75, 3.05) is 13.7 Å². The Morgan fingerprint density at radius 1 is 1.22 bits per heavy atom. The third-order valence-electron chi connectivity index (χ3n) is 4.36. The van der Waals surface area contributed by atoms with Crippen LogP contribution in [0.5, 0.6) is 0 Å². The summed E-state index contributed by atoms with van der Waals surface area (Å²) in [7, 11) is 1.59.